The largest absolute Gasteiger partial charge is 0.480 e. The van der Waals surface area contributed by atoms with Crippen LogP contribution in [0.4, 0.5) is 0 Å². The number of carboxylic acid groups (broad SMARTS) is 1. The van der Waals surface area contributed by atoms with Gasteiger partial charge in [0.25, 0.3) is 0 Å². The van der Waals surface area contributed by atoms with Crippen molar-refractivity contribution in [2.45, 2.75) is 32.7 Å². The van der Waals surface area contributed by atoms with E-state index in [1.807, 2.05) is 13.8 Å². The number of hydrogen-bond donors (Lipinski definition) is 2. The lowest BCUT2D eigenvalue weighted by Gasteiger charge is -2.29. The predicted molar refractivity (Wildman–Crippen MR) is 79.1 cm³/mol. The van der Waals surface area contributed by atoms with Gasteiger partial charge >= 0.3 is 5.97 Å². The van der Waals surface area contributed by atoms with Gasteiger partial charge in [0.1, 0.15) is 5.54 Å². The topological polar surface area (TPSA) is 71.0 Å². The molecule has 0 fully saturated rings. The molecular weight excluding hydrogens is 260 g/mol. The predicted octanol–water partition coefficient (Wildman–Crippen LogP) is 0.814. The standard InChI is InChI=1S/C14H30N2O4/c1-5-19-11-9-16(10-12-20-6-2)8-7-14(3,15-4)13(17)18/h15H,5-12H2,1-4H3,(H,17,18). The quantitative estimate of drug-likeness (QED) is 0.489. The summed E-state index contributed by atoms with van der Waals surface area (Å²) in [6, 6.07) is 0. The van der Waals surface area contributed by atoms with Crippen LogP contribution in [-0.4, -0.2) is 74.6 Å². The lowest BCUT2D eigenvalue weighted by molar-refractivity contribution is -0.144. The van der Waals surface area contributed by atoms with Gasteiger partial charge in [-0.2, -0.15) is 0 Å². The number of hydrogen-bond acceptors (Lipinski definition) is 5. The van der Waals surface area contributed by atoms with Crippen molar-refractivity contribution in [1.82, 2.24) is 10.2 Å². The maximum Gasteiger partial charge on any atom is 0.323 e. The van der Waals surface area contributed by atoms with E-state index in [9.17, 15) is 9.90 Å². The van der Waals surface area contributed by atoms with Crippen LogP contribution in [-0.2, 0) is 14.3 Å². The van der Waals surface area contributed by atoms with Crippen molar-refractivity contribution in [3.8, 4) is 0 Å². The lowest BCUT2D eigenvalue weighted by Crippen LogP contribution is -2.50. The fraction of sp³-hybridized carbons (Fsp3) is 0.929. The van der Waals surface area contributed by atoms with Crippen molar-refractivity contribution in [2.24, 2.45) is 0 Å². The van der Waals surface area contributed by atoms with Crippen LogP contribution in [0, 0.1) is 0 Å². The Bertz CT molecular complexity index is 254. The molecule has 6 heteroatoms. The first-order valence-electron chi connectivity index (χ1n) is 7.30. The van der Waals surface area contributed by atoms with E-state index in [2.05, 4.69) is 10.2 Å². The molecule has 0 heterocycles. The van der Waals surface area contributed by atoms with E-state index in [1.165, 1.54) is 0 Å². The van der Waals surface area contributed by atoms with E-state index in [-0.39, 0.29) is 0 Å². The molecule has 0 radical (unpaired) electrons. The summed E-state index contributed by atoms with van der Waals surface area (Å²) in [4.78, 5) is 13.4. The zero-order valence-electron chi connectivity index (χ0n) is 13.3. The molecule has 0 aromatic heterocycles. The molecule has 0 spiro atoms. The molecule has 0 amide bonds. The highest BCUT2D eigenvalue weighted by Gasteiger charge is 2.31. The van der Waals surface area contributed by atoms with E-state index in [0.29, 0.717) is 39.4 Å². The first-order valence-corrected chi connectivity index (χ1v) is 7.30. The summed E-state index contributed by atoms with van der Waals surface area (Å²) in [7, 11) is 1.68. The number of nitrogens with one attached hydrogen (secondary N) is 1. The van der Waals surface area contributed by atoms with Gasteiger partial charge in [0, 0.05) is 32.8 Å². The van der Waals surface area contributed by atoms with Gasteiger partial charge in [0.2, 0.25) is 0 Å². The van der Waals surface area contributed by atoms with Crippen LogP contribution in [0.1, 0.15) is 27.2 Å². The highest BCUT2D eigenvalue weighted by molar-refractivity contribution is 5.78. The molecule has 0 saturated carbocycles. The van der Waals surface area contributed by atoms with Gasteiger partial charge in [-0.25, -0.2) is 0 Å². The number of aliphatic carboxylic acids is 1. The maximum atomic E-state index is 11.3. The Morgan fingerprint density at radius 3 is 2.00 bits per heavy atom. The molecule has 1 atom stereocenters. The molecular formula is C14H30N2O4. The smallest absolute Gasteiger partial charge is 0.323 e. The Labute approximate surface area is 122 Å². The second-order valence-corrected chi connectivity index (χ2v) is 4.87. The molecule has 0 rings (SSSR count). The van der Waals surface area contributed by atoms with Crippen molar-refractivity contribution < 1.29 is 19.4 Å². The van der Waals surface area contributed by atoms with Crippen molar-refractivity contribution in [2.75, 3.05) is 53.1 Å². The third kappa shape index (κ3) is 7.79. The zero-order chi connectivity index (χ0) is 15.4. The van der Waals surface area contributed by atoms with E-state index in [1.54, 1.807) is 14.0 Å². The summed E-state index contributed by atoms with van der Waals surface area (Å²) in [6.45, 7) is 10.6. The summed E-state index contributed by atoms with van der Waals surface area (Å²) in [5.74, 6) is -0.824. The van der Waals surface area contributed by atoms with Gasteiger partial charge in [-0.15, -0.1) is 0 Å². The molecule has 1 unspecified atom stereocenters. The highest BCUT2D eigenvalue weighted by Crippen LogP contribution is 2.10. The van der Waals surface area contributed by atoms with Crippen LogP contribution in [0.3, 0.4) is 0 Å². The minimum Gasteiger partial charge on any atom is -0.480 e. The third-order valence-electron chi connectivity index (χ3n) is 3.46. The number of carbonyl (C=O) groups is 1. The molecule has 0 bridgehead atoms. The number of carboxylic acids is 1. The maximum absolute atomic E-state index is 11.3. The van der Waals surface area contributed by atoms with Crippen LogP contribution >= 0.6 is 0 Å². The first-order chi connectivity index (χ1) is 9.50. The van der Waals surface area contributed by atoms with Gasteiger partial charge in [0.15, 0.2) is 0 Å². The number of likely N-dealkylation sites (N-methyl/N-ethyl adjacent to an activating group) is 1. The van der Waals surface area contributed by atoms with E-state index < -0.39 is 11.5 Å². The third-order valence-corrected chi connectivity index (χ3v) is 3.46. The average Bonchev–Trinajstić information content (AvgIpc) is 2.44. The molecule has 6 nitrogen and oxygen atoms in total. The zero-order valence-corrected chi connectivity index (χ0v) is 13.3. The Hall–Kier alpha value is -0.690. The molecule has 20 heavy (non-hydrogen) atoms. The molecule has 0 aliphatic carbocycles. The second kappa shape index (κ2) is 11.0. The Morgan fingerprint density at radius 1 is 1.15 bits per heavy atom. The summed E-state index contributed by atoms with van der Waals surface area (Å²) in [5.41, 5.74) is -0.893. The van der Waals surface area contributed by atoms with Crippen LogP contribution in [0.15, 0.2) is 0 Å². The van der Waals surface area contributed by atoms with E-state index in [0.717, 1.165) is 13.1 Å². The fourth-order valence-corrected chi connectivity index (χ4v) is 1.73. The Kier molecular flexibility index (Phi) is 10.6. The molecule has 0 saturated heterocycles. The highest BCUT2D eigenvalue weighted by atomic mass is 16.5. The van der Waals surface area contributed by atoms with Crippen molar-refractivity contribution in [3.63, 3.8) is 0 Å². The minimum atomic E-state index is -0.893. The summed E-state index contributed by atoms with van der Waals surface area (Å²) >= 11 is 0. The first kappa shape index (κ1) is 19.3. The molecule has 0 aromatic carbocycles. The fourth-order valence-electron chi connectivity index (χ4n) is 1.73. The SMILES string of the molecule is CCOCCN(CCOCC)CCC(C)(NC)C(=O)O. The summed E-state index contributed by atoms with van der Waals surface area (Å²) in [5, 5.41) is 12.1. The molecule has 2 N–H and O–H groups in total. The monoisotopic (exact) mass is 290 g/mol. The van der Waals surface area contributed by atoms with E-state index >= 15 is 0 Å². The van der Waals surface area contributed by atoms with Crippen molar-refractivity contribution in [1.29, 1.82) is 0 Å². The molecule has 0 aliphatic rings. The van der Waals surface area contributed by atoms with Gasteiger partial charge in [-0.05, 0) is 34.2 Å². The van der Waals surface area contributed by atoms with Crippen LogP contribution in [0.25, 0.3) is 0 Å². The lowest BCUT2D eigenvalue weighted by atomic mass is 9.98. The van der Waals surface area contributed by atoms with Gasteiger partial charge in [-0.3, -0.25) is 9.69 Å². The number of nitrogens with zero attached hydrogens (tertiary/aromatic N) is 1. The molecule has 0 aliphatic heterocycles. The molecule has 120 valence electrons. The van der Waals surface area contributed by atoms with Crippen LogP contribution < -0.4 is 5.32 Å². The van der Waals surface area contributed by atoms with Gasteiger partial charge < -0.3 is 19.9 Å². The minimum absolute atomic E-state index is 0.539. The summed E-state index contributed by atoms with van der Waals surface area (Å²) in [6.07, 6.45) is 0.539. The normalized spacial score (nSPS) is 14.4. The Morgan fingerprint density at radius 2 is 1.65 bits per heavy atom. The Balaban J connectivity index is 4.27. The van der Waals surface area contributed by atoms with E-state index in [4.69, 9.17) is 9.47 Å². The van der Waals surface area contributed by atoms with Gasteiger partial charge in [0.05, 0.1) is 13.2 Å². The van der Waals surface area contributed by atoms with Crippen LogP contribution in [0.2, 0.25) is 0 Å². The van der Waals surface area contributed by atoms with Crippen LogP contribution in [0.5, 0.6) is 0 Å². The summed E-state index contributed by atoms with van der Waals surface area (Å²) < 4.78 is 10.7. The number of rotatable bonds is 13. The van der Waals surface area contributed by atoms with Crippen molar-refractivity contribution in [3.05, 3.63) is 0 Å². The van der Waals surface area contributed by atoms with Crippen molar-refractivity contribution >= 4 is 5.97 Å². The molecule has 0 aromatic rings. The van der Waals surface area contributed by atoms with Gasteiger partial charge in [-0.1, -0.05) is 0 Å². The second-order valence-electron chi connectivity index (χ2n) is 4.87. The average molecular weight is 290 g/mol. The number of ether oxygens (including phenoxy) is 2.